The Kier molecular flexibility index (Phi) is 4.80. The number of benzene rings is 1. The average Bonchev–Trinajstić information content (AvgIpc) is 3.14. The number of imidazole rings is 1. The summed E-state index contributed by atoms with van der Waals surface area (Å²) in [5.41, 5.74) is 3.44. The van der Waals surface area contributed by atoms with Crippen molar-refractivity contribution in [3.05, 3.63) is 47.5 Å². The number of aromatic nitrogens is 2. The zero-order chi connectivity index (χ0) is 18.1. The first-order valence-corrected chi connectivity index (χ1v) is 10.5. The zero-order valence-corrected chi connectivity index (χ0v) is 16.3. The molecule has 1 fully saturated rings. The van der Waals surface area contributed by atoms with Gasteiger partial charge in [0.25, 0.3) is 0 Å². The second-order valence-electron chi connectivity index (χ2n) is 7.31. The van der Waals surface area contributed by atoms with Gasteiger partial charge in [-0.3, -0.25) is 9.69 Å². The molecule has 0 aliphatic carbocycles. The Morgan fingerprint density at radius 1 is 1.23 bits per heavy atom. The van der Waals surface area contributed by atoms with Crippen LogP contribution in [0, 0.1) is 0 Å². The molecule has 1 aromatic carbocycles. The number of H-pyrrole nitrogens is 1. The maximum Gasteiger partial charge on any atom is 0.220 e. The van der Waals surface area contributed by atoms with E-state index >= 15 is 0 Å². The van der Waals surface area contributed by atoms with Crippen LogP contribution in [0.15, 0.2) is 35.5 Å². The van der Waals surface area contributed by atoms with Gasteiger partial charge >= 0.3 is 0 Å². The molecule has 1 saturated heterocycles. The molecule has 1 N–H and O–H groups in total. The highest BCUT2D eigenvalue weighted by Gasteiger charge is 2.47. The molecule has 5 nitrogen and oxygen atoms in total. The summed E-state index contributed by atoms with van der Waals surface area (Å²) in [5.74, 6) is 0.166. The second-order valence-corrected chi connectivity index (χ2v) is 8.19. The van der Waals surface area contributed by atoms with Crippen LogP contribution in [0.4, 0.5) is 0 Å². The molecule has 0 unspecified atom stereocenters. The fourth-order valence-corrected chi connectivity index (χ4v) is 4.92. The third-order valence-corrected chi connectivity index (χ3v) is 6.63. The predicted octanol–water partition coefficient (Wildman–Crippen LogP) is 3.03. The Morgan fingerprint density at radius 3 is 2.62 bits per heavy atom. The van der Waals surface area contributed by atoms with Gasteiger partial charge in [-0.2, -0.15) is 0 Å². The normalized spacial score (nSPS) is 19.5. The van der Waals surface area contributed by atoms with Crippen LogP contribution >= 0.6 is 11.8 Å². The lowest BCUT2D eigenvalue weighted by atomic mass is 9.78. The van der Waals surface area contributed by atoms with Gasteiger partial charge in [0.2, 0.25) is 5.91 Å². The predicted molar refractivity (Wildman–Crippen MR) is 104 cm³/mol. The quantitative estimate of drug-likeness (QED) is 0.844. The molecule has 1 amide bonds. The van der Waals surface area contributed by atoms with Crippen LogP contribution < -0.4 is 0 Å². The molecule has 2 aromatic rings. The van der Waals surface area contributed by atoms with Gasteiger partial charge in [0, 0.05) is 50.1 Å². The second kappa shape index (κ2) is 7.08. The number of carbonyl (C=O) groups is 1. The Labute approximate surface area is 159 Å². The third kappa shape index (κ3) is 3.05. The van der Waals surface area contributed by atoms with Crippen molar-refractivity contribution in [1.82, 2.24) is 19.8 Å². The molecule has 1 aromatic heterocycles. The van der Waals surface area contributed by atoms with E-state index in [0.29, 0.717) is 0 Å². The molecule has 0 bridgehead atoms. The molecule has 26 heavy (non-hydrogen) atoms. The first-order valence-electron chi connectivity index (χ1n) is 9.28. The van der Waals surface area contributed by atoms with Crippen molar-refractivity contribution in [3.63, 3.8) is 0 Å². The minimum absolute atomic E-state index is 0.166. The highest BCUT2D eigenvalue weighted by molar-refractivity contribution is 7.98. The summed E-state index contributed by atoms with van der Waals surface area (Å²) in [6.07, 6.45) is 6.67. The maximum atomic E-state index is 12.3. The number of nitrogens with zero attached hydrogens (tertiary/aromatic N) is 3. The van der Waals surface area contributed by atoms with Crippen molar-refractivity contribution >= 4 is 17.7 Å². The average molecular weight is 371 g/mol. The Hall–Kier alpha value is -1.79. The molecule has 1 spiro atoms. The largest absolute Gasteiger partial charge is 0.348 e. The number of thioether (sulfide) groups is 1. The summed E-state index contributed by atoms with van der Waals surface area (Å²) in [7, 11) is 0. The van der Waals surface area contributed by atoms with Gasteiger partial charge in [-0.25, -0.2) is 4.98 Å². The number of amides is 1. The van der Waals surface area contributed by atoms with Gasteiger partial charge in [0.1, 0.15) is 0 Å². The molecule has 6 heteroatoms. The molecule has 0 radical (unpaired) electrons. The van der Waals surface area contributed by atoms with Crippen LogP contribution in [-0.4, -0.2) is 51.6 Å². The van der Waals surface area contributed by atoms with E-state index in [1.807, 2.05) is 0 Å². The molecule has 0 atom stereocenters. The van der Waals surface area contributed by atoms with E-state index in [-0.39, 0.29) is 11.4 Å². The highest BCUT2D eigenvalue weighted by Crippen LogP contribution is 2.42. The standard InChI is InChI=1S/C20H26N4OS/c1-15(25)24-10-7-18-19(22-14-21-18)20(24)8-11-23(12-9-20)13-16-3-5-17(26-2)6-4-16/h3-6,14H,7-13H2,1-2H3,(H,21,22). The van der Waals surface area contributed by atoms with Gasteiger partial charge in [-0.05, 0) is 36.8 Å². The number of aromatic amines is 1. The minimum atomic E-state index is -0.224. The van der Waals surface area contributed by atoms with Gasteiger partial charge < -0.3 is 9.88 Å². The molecule has 0 saturated carbocycles. The lowest BCUT2D eigenvalue weighted by Crippen LogP contribution is -2.57. The number of hydrogen-bond donors (Lipinski definition) is 1. The van der Waals surface area contributed by atoms with E-state index < -0.39 is 0 Å². The summed E-state index contributed by atoms with van der Waals surface area (Å²) in [6, 6.07) is 8.84. The first kappa shape index (κ1) is 17.6. The monoisotopic (exact) mass is 370 g/mol. The van der Waals surface area contributed by atoms with Crippen LogP contribution in [0.2, 0.25) is 0 Å². The molecular weight excluding hydrogens is 344 g/mol. The van der Waals surface area contributed by atoms with E-state index in [0.717, 1.165) is 51.1 Å². The third-order valence-electron chi connectivity index (χ3n) is 5.89. The summed E-state index contributed by atoms with van der Waals surface area (Å²) >= 11 is 1.77. The van der Waals surface area contributed by atoms with Gasteiger partial charge in [-0.15, -0.1) is 11.8 Å². The number of nitrogens with one attached hydrogen (secondary N) is 1. The number of likely N-dealkylation sites (tertiary alicyclic amines) is 1. The van der Waals surface area contributed by atoms with E-state index in [4.69, 9.17) is 0 Å². The number of rotatable bonds is 3. The van der Waals surface area contributed by atoms with Gasteiger partial charge in [-0.1, -0.05) is 12.1 Å². The summed E-state index contributed by atoms with van der Waals surface area (Å²) in [6.45, 7) is 5.43. The molecule has 2 aliphatic heterocycles. The molecule has 3 heterocycles. The topological polar surface area (TPSA) is 52.2 Å². The van der Waals surface area contributed by atoms with Crippen molar-refractivity contribution in [2.75, 3.05) is 25.9 Å². The number of fused-ring (bicyclic) bond motifs is 2. The van der Waals surface area contributed by atoms with Crippen LogP contribution in [0.3, 0.4) is 0 Å². The lowest BCUT2D eigenvalue weighted by Gasteiger charge is -2.50. The lowest BCUT2D eigenvalue weighted by molar-refractivity contribution is -0.139. The van der Waals surface area contributed by atoms with E-state index in [2.05, 4.69) is 50.3 Å². The van der Waals surface area contributed by atoms with Gasteiger partial charge in [0.05, 0.1) is 17.6 Å². The van der Waals surface area contributed by atoms with Crippen molar-refractivity contribution in [1.29, 1.82) is 0 Å². The Morgan fingerprint density at radius 2 is 1.96 bits per heavy atom. The van der Waals surface area contributed by atoms with Crippen molar-refractivity contribution in [2.24, 2.45) is 0 Å². The SMILES string of the molecule is CSc1ccc(CN2CCC3(CC2)c2nc[nH]c2CCN3C(C)=O)cc1. The van der Waals surface area contributed by atoms with Crippen LogP contribution in [-0.2, 0) is 23.3 Å². The van der Waals surface area contributed by atoms with Crippen LogP contribution in [0.1, 0.15) is 36.7 Å². The zero-order valence-electron chi connectivity index (χ0n) is 15.5. The van der Waals surface area contributed by atoms with Crippen LogP contribution in [0.5, 0.6) is 0 Å². The number of carbonyl (C=O) groups excluding carboxylic acids is 1. The number of hydrogen-bond acceptors (Lipinski definition) is 4. The fraction of sp³-hybridized carbons (Fsp3) is 0.500. The molecule has 4 rings (SSSR count). The smallest absolute Gasteiger partial charge is 0.220 e. The summed E-state index contributed by atoms with van der Waals surface area (Å²) < 4.78 is 0. The van der Waals surface area contributed by atoms with Crippen molar-refractivity contribution in [2.45, 2.75) is 43.2 Å². The maximum absolute atomic E-state index is 12.3. The fourth-order valence-electron chi connectivity index (χ4n) is 4.51. The molecular formula is C20H26N4OS. The molecule has 138 valence electrons. The van der Waals surface area contributed by atoms with E-state index in [9.17, 15) is 4.79 Å². The number of piperidine rings is 1. The Balaban J connectivity index is 1.50. The Bertz CT molecular complexity index is 777. The van der Waals surface area contributed by atoms with Crippen molar-refractivity contribution < 1.29 is 4.79 Å². The molecule has 2 aliphatic rings. The first-order chi connectivity index (χ1) is 12.6. The highest BCUT2D eigenvalue weighted by atomic mass is 32.2. The summed E-state index contributed by atoms with van der Waals surface area (Å²) in [5, 5.41) is 0. The van der Waals surface area contributed by atoms with E-state index in [1.54, 1.807) is 25.0 Å². The van der Waals surface area contributed by atoms with Gasteiger partial charge in [0.15, 0.2) is 0 Å². The summed E-state index contributed by atoms with van der Waals surface area (Å²) in [4.78, 5) is 26.1. The van der Waals surface area contributed by atoms with Crippen LogP contribution in [0.25, 0.3) is 0 Å². The minimum Gasteiger partial charge on any atom is -0.348 e. The van der Waals surface area contributed by atoms with E-state index in [1.165, 1.54) is 16.2 Å². The van der Waals surface area contributed by atoms with Crippen molar-refractivity contribution in [3.8, 4) is 0 Å².